The number of esters is 1. The number of carbonyl (C=O) groups is 2. The van der Waals surface area contributed by atoms with Gasteiger partial charge in [0.2, 0.25) is 0 Å². The van der Waals surface area contributed by atoms with Gasteiger partial charge in [-0.3, -0.25) is 20.3 Å². The fraction of sp³-hybridized carbons (Fsp3) is 0.391. The molecule has 0 aliphatic carbocycles. The third kappa shape index (κ3) is 7.20. The van der Waals surface area contributed by atoms with E-state index in [0.717, 1.165) is 5.56 Å². The molecule has 2 aromatic carbocycles. The fourth-order valence-electron chi connectivity index (χ4n) is 3.53. The Bertz CT molecular complexity index is 1090. The molecule has 0 aromatic heterocycles. The first kappa shape index (κ1) is 26.0. The molecule has 11 nitrogen and oxygen atoms in total. The van der Waals surface area contributed by atoms with Gasteiger partial charge in [-0.15, -0.1) is 0 Å². The average Bonchev–Trinajstić information content (AvgIpc) is 2.84. The summed E-state index contributed by atoms with van der Waals surface area (Å²) < 4.78 is 5.10. The normalized spacial score (nSPS) is 15.1. The number of amides is 1. The summed E-state index contributed by atoms with van der Waals surface area (Å²) in [5.41, 5.74) is 3.48. The van der Waals surface area contributed by atoms with Crippen molar-refractivity contribution in [3.05, 3.63) is 68.7 Å². The van der Waals surface area contributed by atoms with E-state index < -0.39 is 22.8 Å². The summed E-state index contributed by atoms with van der Waals surface area (Å²) in [6.45, 7) is 4.23. The molecule has 186 valence electrons. The number of likely N-dealkylation sites (N-methyl/N-ethyl adjacent to an activating group) is 1. The predicted molar refractivity (Wildman–Crippen MR) is 131 cm³/mol. The molecule has 0 bridgehead atoms. The summed E-state index contributed by atoms with van der Waals surface area (Å²) in [6, 6.07) is 10.1. The number of hydrogen-bond donors (Lipinski definition) is 1. The summed E-state index contributed by atoms with van der Waals surface area (Å²) in [6.07, 6.45) is 0.245. The number of rotatable bonds is 9. The summed E-state index contributed by atoms with van der Waals surface area (Å²) >= 11 is 5.92. The quantitative estimate of drug-likeness (QED) is 0.240. The second kappa shape index (κ2) is 12.2. The summed E-state index contributed by atoms with van der Waals surface area (Å²) in [4.78, 5) is 40.0. The molecule has 1 saturated heterocycles. The SMILES string of the molecule is CCOC(=O)C(Cc1ccc(Cl)cc1)N=NNc1ccc([N+](=O)[O-])c(C(=O)N2CCN(C)CC2)c1. The average molecular weight is 503 g/mol. The maximum Gasteiger partial charge on any atom is 0.333 e. The van der Waals surface area contributed by atoms with Crippen molar-refractivity contribution in [2.45, 2.75) is 19.4 Å². The van der Waals surface area contributed by atoms with Crippen LogP contribution in [0.3, 0.4) is 0 Å². The van der Waals surface area contributed by atoms with Crippen LogP contribution in [0.2, 0.25) is 5.02 Å². The Morgan fingerprint density at radius 2 is 1.86 bits per heavy atom. The van der Waals surface area contributed by atoms with E-state index in [-0.39, 0.29) is 24.3 Å². The van der Waals surface area contributed by atoms with Crippen LogP contribution in [0.25, 0.3) is 0 Å². The van der Waals surface area contributed by atoms with E-state index in [1.54, 1.807) is 36.1 Å². The van der Waals surface area contributed by atoms with E-state index in [2.05, 4.69) is 20.7 Å². The summed E-state index contributed by atoms with van der Waals surface area (Å²) in [5.74, 6) is -0.958. The van der Waals surface area contributed by atoms with Gasteiger partial charge in [0.15, 0.2) is 6.04 Å². The Kier molecular flexibility index (Phi) is 9.10. The van der Waals surface area contributed by atoms with Gasteiger partial charge in [-0.05, 0) is 43.8 Å². The number of ether oxygens (including phenoxy) is 1. The number of nitrogens with one attached hydrogen (secondary N) is 1. The van der Waals surface area contributed by atoms with E-state index in [1.165, 1.54) is 18.2 Å². The molecule has 12 heteroatoms. The van der Waals surface area contributed by atoms with E-state index in [4.69, 9.17) is 16.3 Å². The van der Waals surface area contributed by atoms with Gasteiger partial charge in [-0.1, -0.05) is 29.0 Å². The molecule has 1 aliphatic rings. The third-order valence-electron chi connectivity index (χ3n) is 5.49. The highest BCUT2D eigenvalue weighted by molar-refractivity contribution is 6.30. The standard InChI is InChI=1S/C23H27ClN6O5/c1-3-35-23(32)20(14-16-4-6-17(24)7-5-16)26-27-25-18-8-9-21(30(33)34)19(15-18)22(31)29-12-10-28(2)11-13-29/h4-9,15,20H,3,10-14H2,1-2H3,(H,25,26). The fourth-order valence-corrected chi connectivity index (χ4v) is 3.65. The molecule has 3 rings (SSSR count). The molecule has 1 amide bonds. The molecule has 1 fully saturated rings. The second-order valence-corrected chi connectivity index (χ2v) is 8.45. The summed E-state index contributed by atoms with van der Waals surface area (Å²) in [5, 5.41) is 20.0. The highest BCUT2D eigenvalue weighted by Crippen LogP contribution is 2.25. The lowest BCUT2D eigenvalue weighted by Gasteiger charge is -2.32. The van der Waals surface area contributed by atoms with Crippen molar-refractivity contribution in [3.63, 3.8) is 0 Å². The maximum absolute atomic E-state index is 13.0. The van der Waals surface area contributed by atoms with Crippen molar-refractivity contribution in [1.29, 1.82) is 0 Å². The minimum absolute atomic E-state index is 0.0390. The van der Waals surface area contributed by atoms with Crippen LogP contribution in [0.15, 0.2) is 52.8 Å². The first-order valence-electron chi connectivity index (χ1n) is 11.1. The Balaban J connectivity index is 1.77. The largest absolute Gasteiger partial charge is 0.464 e. The third-order valence-corrected chi connectivity index (χ3v) is 5.74. The minimum Gasteiger partial charge on any atom is -0.464 e. The smallest absolute Gasteiger partial charge is 0.333 e. The number of hydrogen-bond acceptors (Lipinski definition) is 8. The molecule has 0 saturated carbocycles. The van der Waals surface area contributed by atoms with Gasteiger partial charge in [-0.2, -0.15) is 5.11 Å². The number of anilines is 1. The van der Waals surface area contributed by atoms with Crippen LogP contribution in [0.5, 0.6) is 0 Å². The van der Waals surface area contributed by atoms with Crippen molar-refractivity contribution < 1.29 is 19.2 Å². The zero-order chi connectivity index (χ0) is 25.4. The Labute approximate surface area is 207 Å². The maximum atomic E-state index is 13.0. The van der Waals surface area contributed by atoms with Crippen LogP contribution in [-0.4, -0.2) is 72.5 Å². The van der Waals surface area contributed by atoms with Crippen LogP contribution < -0.4 is 5.43 Å². The highest BCUT2D eigenvalue weighted by Gasteiger charge is 2.27. The molecular formula is C23H27ClN6O5. The Morgan fingerprint density at radius 3 is 2.49 bits per heavy atom. The Morgan fingerprint density at radius 1 is 1.17 bits per heavy atom. The molecule has 35 heavy (non-hydrogen) atoms. The van der Waals surface area contributed by atoms with Gasteiger partial charge in [-0.25, -0.2) is 4.79 Å². The van der Waals surface area contributed by atoms with E-state index in [0.29, 0.717) is 36.9 Å². The van der Waals surface area contributed by atoms with Crippen LogP contribution >= 0.6 is 11.6 Å². The molecule has 1 unspecified atom stereocenters. The predicted octanol–water partition coefficient (Wildman–Crippen LogP) is 3.59. The molecule has 1 atom stereocenters. The number of nitro benzene ring substituents is 1. The first-order valence-corrected chi connectivity index (χ1v) is 11.5. The van der Waals surface area contributed by atoms with Gasteiger partial charge in [0, 0.05) is 43.7 Å². The number of halogens is 1. The molecule has 1 heterocycles. The number of carbonyl (C=O) groups excluding carboxylic acids is 2. The van der Waals surface area contributed by atoms with E-state index >= 15 is 0 Å². The molecular weight excluding hydrogens is 476 g/mol. The lowest BCUT2D eigenvalue weighted by molar-refractivity contribution is -0.385. The van der Waals surface area contributed by atoms with Gasteiger partial charge in [0.1, 0.15) is 5.56 Å². The summed E-state index contributed by atoms with van der Waals surface area (Å²) in [7, 11) is 1.95. The molecule has 2 aromatic rings. The second-order valence-electron chi connectivity index (χ2n) is 8.01. The number of nitro groups is 1. The lowest BCUT2D eigenvalue weighted by Crippen LogP contribution is -2.47. The molecule has 0 spiro atoms. The van der Waals surface area contributed by atoms with Crippen molar-refractivity contribution in [2.24, 2.45) is 10.3 Å². The van der Waals surface area contributed by atoms with Crippen LogP contribution in [0.1, 0.15) is 22.8 Å². The zero-order valence-corrected chi connectivity index (χ0v) is 20.3. The molecule has 1 N–H and O–H groups in total. The number of benzene rings is 2. The molecule has 1 aliphatic heterocycles. The number of nitrogens with zero attached hydrogens (tertiary/aromatic N) is 5. The lowest BCUT2D eigenvalue weighted by atomic mass is 10.1. The van der Waals surface area contributed by atoms with Gasteiger partial charge < -0.3 is 14.5 Å². The first-order chi connectivity index (χ1) is 16.8. The zero-order valence-electron chi connectivity index (χ0n) is 19.5. The van der Waals surface area contributed by atoms with Crippen LogP contribution in [0.4, 0.5) is 11.4 Å². The van der Waals surface area contributed by atoms with Gasteiger partial charge in [0.25, 0.3) is 11.6 Å². The highest BCUT2D eigenvalue weighted by atomic mass is 35.5. The topological polar surface area (TPSA) is 130 Å². The van der Waals surface area contributed by atoms with Crippen LogP contribution in [-0.2, 0) is 16.0 Å². The van der Waals surface area contributed by atoms with E-state index in [9.17, 15) is 19.7 Å². The van der Waals surface area contributed by atoms with Gasteiger partial charge in [0.05, 0.1) is 17.2 Å². The van der Waals surface area contributed by atoms with Crippen LogP contribution in [0, 0.1) is 10.1 Å². The van der Waals surface area contributed by atoms with Crippen molar-refractivity contribution >= 4 is 34.9 Å². The Hall–Kier alpha value is -3.57. The van der Waals surface area contributed by atoms with Gasteiger partial charge >= 0.3 is 5.97 Å². The molecule has 0 radical (unpaired) electrons. The van der Waals surface area contributed by atoms with Crippen molar-refractivity contribution in [3.8, 4) is 0 Å². The monoisotopic (exact) mass is 502 g/mol. The minimum atomic E-state index is -0.909. The van der Waals surface area contributed by atoms with Crippen molar-refractivity contribution in [2.75, 3.05) is 45.3 Å². The van der Waals surface area contributed by atoms with Crippen molar-refractivity contribution in [1.82, 2.24) is 9.80 Å². The number of piperazine rings is 1. The van der Waals surface area contributed by atoms with E-state index in [1.807, 2.05) is 7.05 Å².